The summed E-state index contributed by atoms with van der Waals surface area (Å²) in [5.41, 5.74) is 1.44. The Labute approximate surface area is 196 Å². The second-order valence-electron chi connectivity index (χ2n) is 8.35. The van der Waals surface area contributed by atoms with Crippen LogP contribution in [-0.2, 0) is 24.2 Å². The topological polar surface area (TPSA) is 120 Å². The number of aromatic nitrogens is 2. The molecule has 9 nitrogen and oxygen atoms in total. The van der Waals surface area contributed by atoms with E-state index in [0.717, 1.165) is 22.4 Å². The van der Waals surface area contributed by atoms with Crippen molar-refractivity contribution >= 4 is 27.8 Å². The van der Waals surface area contributed by atoms with E-state index in [-0.39, 0.29) is 12.2 Å². The molecule has 3 aromatic rings. The summed E-state index contributed by atoms with van der Waals surface area (Å²) in [6.07, 6.45) is 2.86. The lowest BCUT2D eigenvalue weighted by Crippen LogP contribution is -2.57. The van der Waals surface area contributed by atoms with Gasteiger partial charge in [0.05, 0.1) is 6.42 Å². The van der Waals surface area contributed by atoms with Gasteiger partial charge in [0.25, 0.3) is 0 Å². The molecule has 10 heteroatoms. The summed E-state index contributed by atoms with van der Waals surface area (Å²) in [4.78, 5) is 31.1. The first kappa shape index (κ1) is 22.0. The highest BCUT2D eigenvalue weighted by atomic mass is 32.2. The van der Waals surface area contributed by atoms with Crippen molar-refractivity contribution in [3.63, 3.8) is 0 Å². The Morgan fingerprint density at radius 1 is 1.15 bits per heavy atom. The molecule has 0 spiro atoms. The number of benzene rings is 2. The van der Waals surface area contributed by atoms with Crippen LogP contribution < -0.4 is 0 Å². The second kappa shape index (κ2) is 8.21. The van der Waals surface area contributed by atoms with Crippen molar-refractivity contribution in [2.75, 3.05) is 0 Å². The van der Waals surface area contributed by atoms with Crippen LogP contribution in [0.4, 0.5) is 0 Å². The lowest BCUT2D eigenvalue weighted by Gasteiger charge is -2.36. The molecule has 3 heterocycles. The van der Waals surface area contributed by atoms with E-state index < -0.39 is 44.0 Å². The predicted molar refractivity (Wildman–Crippen MR) is 121 cm³/mol. The van der Waals surface area contributed by atoms with Gasteiger partial charge in [0.15, 0.2) is 27.8 Å². The van der Waals surface area contributed by atoms with Gasteiger partial charge in [-0.25, -0.2) is 13.2 Å². The van der Waals surface area contributed by atoms with Crippen molar-refractivity contribution in [2.24, 2.45) is 0 Å². The number of nitrogens with zero attached hydrogens (tertiary/aromatic N) is 3. The first-order valence-electron chi connectivity index (χ1n) is 10.6. The number of ether oxygens (including phenoxy) is 1. The Bertz CT molecular complexity index is 1300. The Morgan fingerprint density at radius 3 is 2.29 bits per heavy atom. The van der Waals surface area contributed by atoms with Gasteiger partial charge in [0.1, 0.15) is 10.1 Å². The highest BCUT2D eigenvalue weighted by Crippen LogP contribution is 2.48. The Hall–Kier alpha value is -3.79. The monoisotopic (exact) mass is 479 g/mol. The zero-order chi connectivity index (χ0) is 23.9. The number of sulfone groups is 1. The number of carbonyl (C=O) groups is 2. The molecule has 174 valence electrons. The first-order chi connectivity index (χ1) is 16.3. The highest BCUT2D eigenvalue weighted by molar-refractivity contribution is 7.94. The van der Waals surface area contributed by atoms with Gasteiger partial charge in [-0.15, -0.1) is 0 Å². The Kier molecular flexibility index (Phi) is 5.32. The maximum Gasteiger partial charge on any atom is 0.331 e. The molecule has 5 rings (SSSR count). The average Bonchev–Trinajstić information content (AvgIpc) is 3.41. The van der Waals surface area contributed by atoms with Gasteiger partial charge in [-0.2, -0.15) is 4.98 Å². The van der Waals surface area contributed by atoms with E-state index in [1.807, 2.05) is 60.7 Å². The van der Waals surface area contributed by atoms with Crippen LogP contribution in [-0.4, -0.2) is 51.5 Å². The molecule has 0 unspecified atom stereocenters. The summed E-state index contributed by atoms with van der Waals surface area (Å²) in [6.45, 7) is 1.41. The summed E-state index contributed by atoms with van der Waals surface area (Å²) in [5, 5.41) is 2.58. The van der Waals surface area contributed by atoms with Crippen molar-refractivity contribution < 1.29 is 27.3 Å². The van der Waals surface area contributed by atoms with Crippen LogP contribution in [0.5, 0.6) is 0 Å². The molecule has 1 amide bonds. The van der Waals surface area contributed by atoms with Gasteiger partial charge in [-0.3, -0.25) is 4.79 Å². The van der Waals surface area contributed by atoms with Crippen molar-refractivity contribution in [1.29, 1.82) is 0 Å². The molecule has 2 fully saturated rings. The third-order valence-electron chi connectivity index (χ3n) is 6.34. The SMILES string of the molecule is C[C@]1(C=Cc2ncon2)[C@H](C(=O)OC(c2ccccc2)c2ccccc2)N2C(=O)C[C@H]2S1(=O)=O. The zero-order valence-electron chi connectivity index (χ0n) is 18.1. The van der Waals surface area contributed by atoms with Gasteiger partial charge < -0.3 is 14.2 Å². The number of carbonyl (C=O) groups excluding carboxylic acids is 2. The molecule has 0 radical (unpaired) electrons. The normalized spacial score (nSPS) is 25.4. The molecule has 0 bridgehead atoms. The quantitative estimate of drug-likeness (QED) is 0.391. The molecule has 3 atom stereocenters. The molecule has 0 N–H and O–H groups in total. The minimum atomic E-state index is -3.94. The van der Waals surface area contributed by atoms with Crippen molar-refractivity contribution in [2.45, 2.75) is 35.6 Å². The fourth-order valence-electron chi connectivity index (χ4n) is 4.49. The van der Waals surface area contributed by atoms with Gasteiger partial charge in [-0.05, 0) is 24.1 Å². The van der Waals surface area contributed by atoms with E-state index in [1.54, 1.807) is 0 Å². The summed E-state index contributed by atoms with van der Waals surface area (Å²) in [5.74, 6) is -1.07. The Balaban J connectivity index is 1.54. The number of esters is 1. The van der Waals surface area contributed by atoms with Crippen LogP contribution in [0.25, 0.3) is 6.08 Å². The van der Waals surface area contributed by atoms with E-state index in [4.69, 9.17) is 9.26 Å². The molecule has 0 saturated carbocycles. The van der Waals surface area contributed by atoms with E-state index in [9.17, 15) is 18.0 Å². The van der Waals surface area contributed by atoms with E-state index in [1.165, 1.54) is 19.1 Å². The number of hydrogen-bond donors (Lipinski definition) is 0. The molecular weight excluding hydrogens is 458 g/mol. The van der Waals surface area contributed by atoms with E-state index in [2.05, 4.69) is 10.1 Å². The molecule has 2 aliphatic heterocycles. The smallest absolute Gasteiger partial charge is 0.331 e. The predicted octanol–water partition coefficient (Wildman–Crippen LogP) is 2.53. The lowest BCUT2D eigenvalue weighted by atomic mass is 9.95. The standard InChI is InChI=1S/C24H21N3O6S/c1-24(13-12-18-25-15-32-26-18)22(27-19(28)14-20(27)34(24,30)31)23(29)33-21(16-8-4-2-5-9-16)17-10-6-3-7-11-17/h2-13,15,20-22H,14H2,1H3/t20-,22+,24+/m1/s1. The summed E-state index contributed by atoms with van der Waals surface area (Å²) < 4.78 is 35.7. The molecule has 1 aromatic heterocycles. The Morgan fingerprint density at radius 2 is 1.76 bits per heavy atom. The maximum absolute atomic E-state index is 13.6. The molecule has 34 heavy (non-hydrogen) atoms. The fraction of sp³-hybridized carbons (Fsp3) is 0.250. The number of amides is 1. The van der Waals surface area contributed by atoms with Gasteiger partial charge in [0, 0.05) is 0 Å². The molecule has 2 aliphatic rings. The second-order valence-corrected chi connectivity index (χ2v) is 10.9. The third-order valence-corrected chi connectivity index (χ3v) is 9.04. The van der Waals surface area contributed by atoms with Crippen molar-refractivity contribution in [3.05, 3.63) is 90.1 Å². The fourth-order valence-corrected chi connectivity index (χ4v) is 6.75. The van der Waals surface area contributed by atoms with Crippen LogP contribution in [0.2, 0.25) is 0 Å². The highest BCUT2D eigenvalue weighted by Gasteiger charge is 2.69. The van der Waals surface area contributed by atoms with Crippen LogP contribution in [0.3, 0.4) is 0 Å². The summed E-state index contributed by atoms with van der Waals surface area (Å²) >= 11 is 0. The number of hydrogen-bond acceptors (Lipinski definition) is 8. The number of β-lactam (4-membered cyclic amide) rings is 1. The molecule has 0 aliphatic carbocycles. The van der Waals surface area contributed by atoms with Crippen LogP contribution in [0.1, 0.15) is 36.4 Å². The van der Waals surface area contributed by atoms with Crippen molar-refractivity contribution in [1.82, 2.24) is 15.0 Å². The minimum Gasteiger partial charge on any atom is -0.451 e. The lowest BCUT2D eigenvalue weighted by molar-refractivity contribution is -0.163. The minimum absolute atomic E-state index is 0.149. The van der Waals surface area contributed by atoms with Crippen molar-refractivity contribution in [3.8, 4) is 0 Å². The van der Waals surface area contributed by atoms with E-state index in [0.29, 0.717) is 0 Å². The molecule has 2 saturated heterocycles. The van der Waals surface area contributed by atoms with Crippen LogP contribution >= 0.6 is 0 Å². The van der Waals surface area contributed by atoms with Crippen LogP contribution in [0, 0.1) is 0 Å². The summed E-state index contributed by atoms with van der Waals surface area (Å²) in [6, 6.07) is 16.9. The molecule has 2 aromatic carbocycles. The summed E-state index contributed by atoms with van der Waals surface area (Å²) in [7, 11) is -3.94. The van der Waals surface area contributed by atoms with E-state index >= 15 is 0 Å². The average molecular weight is 480 g/mol. The number of fused-ring (bicyclic) bond motifs is 1. The zero-order valence-corrected chi connectivity index (χ0v) is 19.0. The molecular formula is C24H21N3O6S. The largest absolute Gasteiger partial charge is 0.451 e. The number of rotatable bonds is 6. The maximum atomic E-state index is 13.6. The first-order valence-corrected chi connectivity index (χ1v) is 12.2. The van der Waals surface area contributed by atoms with Gasteiger partial charge in [0.2, 0.25) is 12.3 Å². The third kappa shape index (κ3) is 3.41. The van der Waals surface area contributed by atoms with Gasteiger partial charge in [-0.1, -0.05) is 71.9 Å². The van der Waals surface area contributed by atoms with Gasteiger partial charge >= 0.3 is 5.97 Å². The van der Waals surface area contributed by atoms with Crippen LogP contribution in [0.15, 0.2) is 77.7 Å².